The fraction of sp³-hybridized carbons (Fsp3) is 0.217. The molecule has 0 saturated heterocycles. The number of anilines is 1. The van der Waals surface area contributed by atoms with Gasteiger partial charge in [0.2, 0.25) is 0 Å². The summed E-state index contributed by atoms with van der Waals surface area (Å²) in [7, 11) is 0. The molecule has 2 amide bonds. The van der Waals surface area contributed by atoms with Gasteiger partial charge < -0.3 is 10.2 Å². The number of halogens is 1. The van der Waals surface area contributed by atoms with E-state index >= 15 is 0 Å². The van der Waals surface area contributed by atoms with Crippen LogP contribution in [0.15, 0.2) is 60.7 Å². The molecule has 0 unspecified atom stereocenters. The van der Waals surface area contributed by atoms with Gasteiger partial charge in [-0.15, -0.1) is 11.3 Å². The summed E-state index contributed by atoms with van der Waals surface area (Å²) in [6, 6.07) is 18.7. The van der Waals surface area contributed by atoms with Gasteiger partial charge in [0.1, 0.15) is 0 Å². The Morgan fingerprint density at radius 3 is 2.38 bits per heavy atom. The SMILES string of the molecule is Cc1cc(NC(=O)c2ccccc2Cl)sc1C(=O)N(Cc1ccccc1)C(C)C. The zero-order valence-electron chi connectivity index (χ0n) is 16.6. The molecule has 0 radical (unpaired) electrons. The van der Waals surface area contributed by atoms with Crippen molar-refractivity contribution in [2.45, 2.75) is 33.4 Å². The number of benzene rings is 2. The largest absolute Gasteiger partial charge is 0.331 e. The van der Waals surface area contributed by atoms with Crippen LogP contribution in [-0.2, 0) is 6.54 Å². The molecule has 0 aliphatic rings. The average molecular weight is 427 g/mol. The second-order valence-electron chi connectivity index (χ2n) is 7.07. The lowest BCUT2D eigenvalue weighted by Gasteiger charge is -2.26. The zero-order valence-corrected chi connectivity index (χ0v) is 18.2. The van der Waals surface area contributed by atoms with Gasteiger partial charge in [-0.3, -0.25) is 9.59 Å². The Kier molecular flexibility index (Phi) is 6.72. The second kappa shape index (κ2) is 9.25. The van der Waals surface area contributed by atoms with Crippen LogP contribution in [0.25, 0.3) is 0 Å². The Balaban J connectivity index is 1.80. The number of carbonyl (C=O) groups is 2. The predicted molar refractivity (Wildman–Crippen MR) is 120 cm³/mol. The molecule has 1 heterocycles. The molecule has 6 heteroatoms. The van der Waals surface area contributed by atoms with E-state index in [2.05, 4.69) is 5.32 Å². The van der Waals surface area contributed by atoms with E-state index in [0.29, 0.717) is 27.0 Å². The number of nitrogens with one attached hydrogen (secondary N) is 1. The number of thiophene rings is 1. The first-order valence-electron chi connectivity index (χ1n) is 9.38. The first kappa shape index (κ1) is 21.1. The molecule has 0 saturated carbocycles. The Morgan fingerprint density at radius 1 is 1.07 bits per heavy atom. The van der Waals surface area contributed by atoms with Crippen LogP contribution >= 0.6 is 22.9 Å². The lowest BCUT2D eigenvalue weighted by Crippen LogP contribution is -2.36. The van der Waals surface area contributed by atoms with Crippen molar-refractivity contribution in [2.24, 2.45) is 0 Å². The van der Waals surface area contributed by atoms with Gasteiger partial charge in [-0.05, 0) is 50.1 Å². The van der Waals surface area contributed by atoms with Crippen molar-refractivity contribution in [1.29, 1.82) is 0 Å². The summed E-state index contributed by atoms with van der Waals surface area (Å²) in [5, 5.41) is 3.87. The third-order valence-corrected chi connectivity index (χ3v) is 6.02. The third kappa shape index (κ3) is 5.05. The molecular weight excluding hydrogens is 404 g/mol. The highest BCUT2D eigenvalue weighted by Gasteiger charge is 2.23. The van der Waals surface area contributed by atoms with Gasteiger partial charge in [0, 0.05) is 12.6 Å². The number of hydrogen-bond donors (Lipinski definition) is 1. The van der Waals surface area contributed by atoms with Crippen LogP contribution in [0.1, 0.15) is 45.0 Å². The van der Waals surface area contributed by atoms with E-state index in [0.717, 1.165) is 11.1 Å². The molecule has 1 aromatic heterocycles. The van der Waals surface area contributed by atoms with Crippen LogP contribution in [0.2, 0.25) is 5.02 Å². The number of nitrogens with zero attached hydrogens (tertiary/aromatic N) is 1. The van der Waals surface area contributed by atoms with E-state index < -0.39 is 0 Å². The number of aryl methyl sites for hydroxylation is 1. The van der Waals surface area contributed by atoms with E-state index in [1.165, 1.54) is 11.3 Å². The maximum absolute atomic E-state index is 13.2. The van der Waals surface area contributed by atoms with Crippen molar-refractivity contribution < 1.29 is 9.59 Å². The molecule has 3 rings (SSSR count). The van der Waals surface area contributed by atoms with Crippen molar-refractivity contribution >= 4 is 39.8 Å². The average Bonchev–Trinajstić information content (AvgIpc) is 3.06. The van der Waals surface area contributed by atoms with Crippen LogP contribution in [0.3, 0.4) is 0 Å². The fourth-order valence-corrected chi connectivity index (χ4v) is 4.23. The molecule has 29 heavy (non-hydrogen) atoms. The first-order chi connectivity index (χ1) is 13.9. The lowest BCUT2D eigenvalue weighted by atomic mass is 10.1. The van der Waals surface area contributed by atoms with E-state index in [4.69, 9.17) is 11.6 Å². The van der Waals surface area contributed by atoms with Crippen molar-refractivity contribution in [3.8, 4) is 0 Å². The van der Waals surface area contributed by atoms with Crippen molar-refractivity contribution in [3.05, 3.63) is 87.3 Å². The van der Waals surface area contributed by atoms with Gasteiger partial charge in [0.05, 0.1) is 20.5 Å². The zero-order chi connectivity index (χ0) is 21.0. The molecule has 0 fully saturated rings. The van der Waals surface area contributed by atoms with Gasteiger partial charge in [-0.25, -0.2) is 0 Å². The molecular formula is C23H23ClN2O2S. The predicted octanol–water partition coefficient (Wildman–Crippen LogP) is 6.01. The molecule has 1 N–H and O–H groups in total. The number of rotatable bonds is 6. The summed E-state index contributed by atoms with van der Waals surface area (Å²) in [5.41, 5.74) is 2.32. The monoisotopic (exact) mass is 426 g/mol. The maximum Gasteiger partial charge on any atom is 0.264 e. The first-order valence-corrected chi connectivity index (χ1v) is 10.6. The quantitative estimate of drug-likeness (QED) is 0.524. The van der Waals surface area contributed by atoms with E-state index in [-0.39, 0.29) is 17.9 Å². The summed E-state index contributed by atoms with van der Waals surface area (Å²) in [4.78, 5) is 28.2. The molecule has 0 atom stereocenters. The smallest absolute Gasteiger partial charge is 0.264 e. The molecule has 2 aromatic carbocycles. The Morgan fingerprint density at radius 2 is 1.72 bits per heavy atom. The van der Waals surface area contributed by atoms with Crippen molar-refractivity contribution in [2.75, 3.05) is 5.32 Å². The highest BCUT2D eigenvalue weighted by molar-refractivity contribution is 7.18. The normalized spacial score (nSPS) is 10.8. The summed E-state index contributed by atoms with van der Waals surface area (Å²) in [5.74, 6) is -0.328. The van der Waals surface area contributed by atoms with E-state index in [1.54, 1.807) is 24.3 Å². The number of amides is 2. The van der Waals surface area contributed by atoms with Gasteiger partial charge in [0.15, 0.2) is 0 Å². The van der Waals surface area contributed by atoms with Gasteiger partial charge in [-0.1, -0.05) is 54.1 Å². The molecule has 0 spiro atoms. The lowest BCUT2D eigenvalue weighted by molar-refractivity contribution is 0.0694. The van der Waals surface area contributed by atoms with Crippen LogP contribution in [0.5, 0.6) is 0 Å². The van der Waals surface area contributed by atoms with Crippen LogP contribution < -0.4 is 5.32 Å². The minimum Gasteiger partial charge on any atom is -0.331 e. The summed E-state index contributed by atoms with van der Waals surface area (Å²) >= 11 is 7.39. The minimum atomic E-state index is -0.291. The number of carbonyl (C=O) groups excluding carboxylic acids is 2. The Labute approximate surface area is 180 Å². The molecule has 0 aliphatic heterocycles. The highest BCUT2D eigenvalue weighted by atomic mass is 35.5. The standard InChI is InChI=1S/C23H23ClN2O2S/c1-15(2)26(14-17-9-5-4-6-10-17)23(28)21-16(3)13-20(29-21)25-22(27)18-11-7-8-12-19(18)24/h4-13,15H,14H2,1-3H3,(H,25,27). The second-order valence-corrected chi connectivity index (χ2v) is 8.53. The van der Waals surface area contributed by atoms with E-state index in [9.17, 15) is 9.59 Å². The molecule has 0 aliphatic carbocycles. The third-order valence-electron chi connectivity index (χ3n) is 4.55. The maximum atomic E-state index is 13.2. The molecule has 3 aromatic rings. The number of hydrogen-bond acceptors (Lipinski definition) is 3. The van der Waals surface area contributed by atoms with Gasteiger partial charge >= 0.3 is 0 Å². The fourth-order valence-electron chi connectivity index (χ4n) is 2.98. The highest BCUT2D eigenvalue weighted by Crippen LogP contribution is 2.30. The summed E-state index contributed by atoms with van der Waals surface area (Å²) in [6.07, 6.45) is 0. The van der Waals surface area contributed by atoms with Crippen molar-refractivity contribution in [1.82, 2.24) is 4.90 Å². The van der Waals surface area contributed by atoms with Crippen LogP contribution in [0, 0.1) is 6.92 Å². The van der Waals surface area contributed by atoms with Gasteiger partial charge in [-0.2, -0.15) is 0 Å². The molecule has 150 valence electrons. The van der Waals surface area contributed by atoms with Crippen LogP contribution in [0.4, 0.5) is 5.00 Å². The summed E-state index contributed by atoms with van der Waals surface area (Å²) < 4.78 is 0. The van der Waals surface area contributed by atoms with Crippen LogP contribution in [-0.4, -0.2) is 22.8 Å². The summed E-state index contributed by atoms with van der Waals surface area (Å²) in [6.45, 7) is 6.43. The van der Waals surface area contributed by atoms with E-state index in [1.807, 2.05) is 62.1 Å². The Bertz CT molecular complexity index is 1010. The van der Waals surface area contributed by atoms with Gasteiger partial charge in [0.25, 0.3) is 11.8 Å². The minimum absolute atomic E-state index is 0.0374. The van der Waals surface area contributed by atoms with Crippen molar-refractivity contribution in [3.63, 3.8) is 0 Å². The molecule has 0 bridgehead atoms. The topological polar surface area (TPSA) is 49.4 Å². The molecule has 4 nitrogen and oxygen atoms in total. The Hall–Kier alpha value is -2.63.